The van der Waals surface area contributed by atoms with Gasteiger partial charge in [-0.1, -0.05) is 13.0 Å². The Labute approximate surface area is 142 Å². The molecule has 0 unspecified atom stereocenters. The normalized spacial score (nSPS) is 12.8. The van der Waals surface area contributed by atoms with Crippen molar-refractivity contribution in [3.8, 4) is 11.5 Å². The van der Waals surface area contributed by atoms with E-state index in [0.29, 0.717) is 25.5 Å². The van der Waals surface area contributed by atoms with Crippen LogP contribution in [0.2, 0.25) is 0 Å². The van der Waals surface area contributed by atoms with Crippen LogP contribution in [0.25, 0.3) is 0 Å². The molecule has 1 amide bonds. The summed E-state index contributed by atoms with van der Waals surface area (Å²) in [6, 6.07) is 5.80. The highest BCUT2D eigenvalue weighted by Crippen LogP contribution is 2.32. The summed E-state index contributed by atoms with van der Waals surface area (Å²) in [4.78, 5) is 16.1. The van der Waals surface area contributed by atoms with Gasteiger partial charge in [-0.3, -0.25) is 4.79 Å². The number of carbonyl (C=O) groups excluding carboxylic acids is 1. The molecule has 0 saturated heterocycles. The monoisotopic (exact) mass is 334 g/mol. The zero-order chi connectivity index (χ0) is 17.2. The fourth-order valence-electron chi connectivity index (χ4n) is 2.20. The van der Waals surface area contributed by atoms with Crippen LogP contribution in [0.4, 0.5) is 0 Å². The molecule has 0 bridgehead atoms. The largest absolute Gasteiger partial charge is 0.454 e. The number of aliphatic imine (C=N–C) groups is 1. The van der Waals surface area contributed by atoms with E-state index in [2.05, 4.69) is 20.9 Å². The zero-order valence-electron chi connectivity index (χ0n) is 14.4. The van der Waals surface area contributed by atoms with Crippen LogP contribution >= 0.6 is 0 Å². The van der Waals surface area contributed by atoms with Crippen molar-refractivity contribution in [3.63, 3.8) is 0 Å². The van der Waals surface area contributed by atoms with Crippen LogP contribution in [-0.2, 0) is 11.3 Å². The molecule has 3 N–H and O–H groups in total. The quantitative estimate of drug-likeness (QED) is 0.494. The number of carbonyl (C=O) groups is 1. The van der Waals surface area contributed by atoms with Crippen LogP contribution in [0.3, 0.4) is 0 Å². The third-order valence-electron chi connectivity index (χ3n) is 3.42. The minimum absolute atomic E-state index is 0.0518. The molecule has 0 aromatic heterocycles. The van der Waals surface area contributed by atoms with E-state index < -0.39 is 0 Å². The number of nitrogens with one attached hydrogen (secondary N) is 3. The number of ether oxygens (including phenoxy) is 2. The van der Waals surface area contributed by atoms with Crippen LogP contribution in [0.1, 0.15) is 32.3 Å². The fourth-order valence-corrected chi connectivity index (χ4v) is 2.20. The van der Waals surface area contributed by atoms with Crippen LogP contribution in [0.5, 0.6) is 11.5 Å². The molecule has 0 aliphatic carbocycles. The van der Waals surface area contributed by atoms with E-state index in [9.17, 15) is 4.79 Å². The first-order valence-electron chi connectivity index (χ1n) is 8.40. The molecule has 24 heavy (non-hydrogen) atoms. The Balaban J connectivity index is 1.82. The number of fused-ring (bicyclic) bond motifs is 1. The molecule has 1 aromatic carbocycles. The van der Waals surface area contributed by atoms with Gasteiger partial charge in [0.05, 0.1) is 6.54 Å². The van der Waals surface area contributed by atoms with Crippen molar-refractivity contribution in [1.29, 1.82) is 0 Å². The molecule has 2 rings (SSSR count). The molecule has 0 radical (unpaired) electrons. The Bertz CT molecular complexity index is 575. The molecule has 0 fully saturated rings. The average molecular weight is 334 g/mol. The number of rotatable bonds is 8. The summed E-state index contributed by atoms with van der Waals surface area (Å²) in [7, 11) is 0. The van der Waals surface area contributed by atoms with Crippen molar-refractivity contribution < 1.29 is 14.3 Å². The molecule has 0 saturated carbocycles. The van der Waals surface area contributed by atoms with Gasteiger partial charge in [-0.05, 0) is 31.0 Å². The van der Waals surface area contributed by atoms with Crippen LogP contribution in [0, 0.1) is 0 Å². The molecule has 1 heterocycles. The van der Waals surface area contributed by atoms with Gasteiger partial charge in [0.15, 0.2) is 17.5 Å². The molecule has 0 atom stereocenters. The van der Waals surface area contributed by atoms with E-state index in [4.69, 9.17) is 9.47 Å². The molecule has 132 valence electrons. The highest BCUT2D eigenvalue weighted by atomic mass is 16.7. The van der Waals surface area contributed by atoms with E-state index in [1.807, 2.05) is 32.0 Å². The van der Waals surface area contributed by atoms with Gasteiger partial charge in [-0.15, -0.1) is 0 Å². The van der Waals surface area contributed by atoms with Crippen molar-refractivity contribution in [2.75, 3.05) is 26.4 Å². The smallest absolute Gasteiger partial charge is 0.231 e. The lowest BCUT2D eigenvalue weighted by atomic mass is 10.2. The molecule has 7 nitrogen and oxygen atoms in total. The third-order valence-corrected chi connectivity index (χ3v) is 3.42. The van der Waals surface area contributed by atoms with Crippen molar-refractivity contribution in [3.05, 3.63) is 23.8 Å². The highest BCUT2D eigenvalue weighted by molar-refractivity contribution is 5.81. The Kier molecular flexibility index (Phi) is 7.20. The second-order valence-electron chi connectivity index (χ2n) is 5.41. The van der Waals surface area contributed by atoms with Gasteiger partial charge in [0.25, 0.3) is 0 Å². The summed E-state index contributed by atoms with van der Waals surface area (Å²) in [5.74, 6) is 2.27. The fraction of sp³-hybridized carbons (Fsp3) is 0.529. The first kappa shape index (κ1) is 17.9. The Hall–Kier alpha value is -2.44. The Morgan fingerprint density at radius 2 is 1.96 bits per heavy atom. The second kappa shape index (κ2) is 9.64. The lowest BCUT2D eigenvalue weighted by molar-refractivity contribution is -0.120. The maximum Gasteiger partial charge on any atom is 0.231 e. The summed E-state index contributed by atoms with van der Waals surface area (Å²) in [6.45, 7) is 6.85. The summed E-state index contributed by atoms with van der Waals surface area (Å²) in [5.41, 5.74) is 1.04. The van der Waals surface area contributed by atoms with Gasteiger partial charge >= 0.3 is 0 Å². The van der Waals surface area contributed by atoms with Gasteiger partial charge in [-0.25, -0.2) is 4.99 Å². The van der Waals surface area contributed by atoms with Crippen molar-refractivity contribution in [2.45, 2.75) is 33.2 Å². The second-order valence-corrected chi connectivity index (χ2v) is 5.41. The predicted octanol–water partition coefficient (Wildman–Crippen LogP) is 1.39. The third kappa shape index (κ3) is 5.64. The van der Waals surface area contributed by atoms with E-state index in [0.717, 1.165) is 36.6 Å². The highest BCUT2D eigenvalue weighted by Gasteiger charge is 2.12. The SMILES string of the molecule is CCCNC(=O)CCNC(=NCc1ccc2c(c1)OCO2)NCC. The van der Waals surface area contributed by atoms with Crippen molar-refractivity contribution in [1.82, 2.24) is 16.0 Å². The number of amides is 1. The molecule has 7 heteroatoms. The molecule has 1 aromatic rings. The number of nitrogens with zero attached hydrogens (tertiary/aromatic N) is 1. The van der Waals surface area contributed by atoms with Gasteiger partial charge in [0.1, 0.15) is 0 Å². The lowest BCUT2D eigenvalue weighted by Gasteiger charge is -2.11. The van der Waals surface area contributed by atoms with E-state index >= 15 is 0 Å². The number of benzene rings is 1. The van der Waals surface area contributed by atoms with Crippen LogP contribution in [-0.4, -0.2) is 38.3 Å². The molecular weight excluding hydrogens is 308 g/mol. The van der Waals surface area contributed by atoms with E-state index in [1.54, 1.807) is 0 Å². The zero-order valence-corrected chi connectivity index (χ0v) is 14.4. The van der Waals surface area contributed by atoms with E-state index in [1.165, 1.54) is 0 Å². The summed E-state index contributed by atoms with van der Waals surface area (Å²) in [6.07, 6.45) is 1.37. The number of guanidine groups is 1. The van der Waals surface area contributed by atoms with Crippen molar-refractivity contribution in [2.24, 2.45) is 4.99 Å². The summed E-state index contributed by atoms with van der Waals surface area (Å²) < 4.78 is 10.7. The Morgan fingerprint density at radius 1 is 1.12 bits per heavy atom. The minimum atomic E-state index is 0.0518. The van der Waals surface area contributed by atoms with Gasteiger partial charge in [-0.2, -0.15) is 0 Å². The minimum Gasteiger partial charge on any atom is -0.454 e. The number of hydrogen-bond acceptors (Lipinski definition) is 4. The first-order valence-corrected chi connectivity index (χ1v) is 8.40. The summed E-state index contributed by atoms with van der Waals surface area (Å²) in [5, 5.41) is 9.20. The van der Waals surface area contributed by atoms with Gasteiger partial charge in [0.2, 0.25) is 12.7 Å². The summed E-state index contributed by atoms with van der Waals surface area (Å²) >= 11 is 0. The van der Waals surface area contributed by atoms with Crippen LogP contribution in [0.15, 0.2) is 23.2 Å². The standard InChI is InChI=1S/C17H26N4O3/c1-3-8-19-16(22)7-9-20-17(18-4-2)21-11-13-5-6-14-15(10-13)24-12-23-14/h5-6,10H,3-4,7-9,11-12H2,1-2H3,(H,19,22)(H2,18,20,21). The molecule has 1 aliphatic heterocycles. The van der Waals surface area contributed by atoms with Crippen molar-refractivity contribution >= 4 is 11.9 Å². The maximum atomic E-state index is 11.6. The molecule has 1 aliphatic rings. The van der Waals surface area contributed by atoms with Crippen LogP contribution < -0.4 is 25.4 Å². The van der Waals surface area contributed by atoms with Gasteiger partial charge < -0.3 is 25.4 Å². The van der Waals surface area contributed by atoms with Gasteiger partial charge in [0, 0.05) is 26.1 Å². The Morgan fingerprint density at radius 3 is 2.75 bits per heavy atom. The number of hydrogen-bond donors (Lipinski definition) is 3. The lowest BCUT2D eigenvalue weighted by Crippen LogP contribution is -2.39. The average Bonchev–Trinajstić information content (AvgIpc) is 3.05. The predicted molar refractivity (Wildman–Crippen MR) is 93.3 cm³/mol. The van der Waals surface area contributed by atoms with E-state index in [-0.39, 0.29) is 12.7 Å². The molecular formula is C17H26N4O3. The molecule has 0 spiro atoms. The maximum absolute atomic E-state index is 11.6. The first-order chi connectivity index (χ1) is 11.7. The topological polar surface area (TPSA) is 84.0 Å².